The third kappa shape index (κ3) is 3.53. The molecule has 1 N–H and O–H groups in total. The highest BCUT2D eigenvalue weighted by Gasteiger charge is 2.18. The second-order valence-corrected chi connectivity index (χ2v) is 4.81. The molecule has 0 spiro atoms. The van der Waals surface area contributed by atoms with Crippen LogP contribution in [0.1, 0.15) is 11.1 Å². The van der Waals surface area contributed by atoms with Gasteiger partial charge in [0.1, 0.15) is 0 Å². The number of ether oxygens (including phenoxy) is 1. The number of benzene rings is 1. The molecule has 1 atom stereocenters. The summed E-state index contributed by atoms with van der Waals surface area (Å²) in [6.45, 7) is 3.88. The zero-order chi connectivity index (χ0) is 12.1. The Hall–Kier alpha value is -0.900. The van der Waals surface area contributed by atoms with Gasteiger partial charge in [-0.2, -0.15) is 0 Å². The van der Waals surface area contributed by atoms with Crippen LogP contribution >= 0.6 is 0 Å². The number of rotatable bonds is 5. The summed E-state index contributed by atoms with van der Waals surface area (Å²) in [4.78, 5) is 2.33. The van der Waals surface area contributed by atoms with Gasteiger partial charge in [0.25, 0.3) is 0 Å². The van der Waals surface area contributed by atoms with E-state index in [0.717, 1.165) is 32.7 Å². The molecule has 94 valence electrons. The molecule has 3 heteroatoms. The highest BCUT2D eigenvalue weighted by molar-refractivity contribution is 5.29. The van der Waals surface area contributed by atoms with Gasteiger partial charge in [0.05, 0.1) is 6.61 Å². The molecule has 0 radical (unpaired) electrons. The number of hydrogen-bond acceptors (Lipinski definition) is 3. The highest BCUT2D eigenvalue weighted by Crippen LogP contribution is 2.16. The summed E-state index contributed by atoms with van der Waals surface area (Å²) >= 11 is 0. The van der Waals surface area contributed by atoms with Crippen molar-refractivity contribution < 1.29 is 4.74 Å². The molecule has 0 aliphatic carbocycles. The fourth-order valence-corrected chi connectivity index (χ4v) is 2.36. The quantitative estimate of drug-likeness (QED) is 0.830. The molecular weight excluding hydrogens is 212 g/mol. The lowest BCUT2D eigenvalue weighted by atomic mass is 9.96. The fourth-order valence-electron chi connectivity index (χ4n) is 2.36. The molecule has 1 aliphatic rings. The molecule has 0 aromatic heterocycles. The van der Waals surface area contributed by atoms with Gasteiger partial charge < -0.3 is 15.0 Å². The van der Waals surface area contributed by atoms with Crippen LogP contribution in [0.4, 0.5) is 0 Å². The number of methoxy groups -OCH3 is 1. The molecule has 0 amide bonds. The lowest BCUT2D eigenvalue weighted by Gasteiger charge is -2.29. The molecular formula is C14H22N2O. The van der Waals surface area contributed by atoms with E-state index < -0.39 is 0 Å². The topological polar surface area (TPSA) is 24.5 Å². The smallest absolute Gasteiger partial charge is 0.0589 e. The van der Waals surface area contributed by atoms with E-state index in [0.29, 0.717) is 6.04 Å². The van der Waals surface area contributed by atoms with Gasteiger partial charge in [-0.15, -0.1) is 0 Å². The van der Waals surface area contributed by atoms with Crippen LogP contribution in [0.25, 0.3) is 0 Å². The van der Waals surface area contributed by atoms with Gasteiger partial charge in [-0.05, 0) is 24.6 Å². The molecule has 1 aromatic carbocycles. The predicted octanol–water partition coefficient (Wildman–Crippen LogP) is 1.28. The molecule has 0 bridgehead atoms. The Balaban J connectivity index is 1.85. The summed E-state index contributed by atoms with van der Waals surface area (Å²) < 4.78 is 5.10. The summed E-state index contributed by atoms with van der Waals surface area (Å²) in [5.41, 5.74) is 2.94. The van der Waals surface area contributed by atoms with Crippen molar-refractivity contribution >= 4 is 0 Å². The Kier molecular flexibility index (Phi) is 4.54. The van der Waals surface area contributed by atoms with Crippen molar-refractivity contribution in [2.75, 3.05) is 33.9 Å². The predicted molar refractivity (Wildman–Crippen MR) is 70.1 cm³/mol. The summed E-state index contributed by atoms with van der Waals surface area (Å²) in [5.74, 6) is 0. The van der Waals surface area contributed by atoms with E-state index in [1.54, 1.807) is 7.11 Å². The van der Waals surface area contributed by atoms with E-state index in [-0.39, 0.29) is 0 Å². The molecule has 1 heterocycles. The van der Waals surface area contributed by atoms with Gasteiger partial charge in [-0.1, -0.05) is 24.3 Å². The van der Waals surface area contributed by atoms with Gasteiger partial charge in [-0.25, -0.2) is 0 Å². The summed E-state index contributed by atoms with van der Waals surface area (Å²) in [6, 6.07) is 9.28. The van der Waals surface area contributed by atoms with Crippen molar-refractivity contribution in [1.82, 2.24) is 10.2 Å². The van der Waals surface area contributed by atoms with E-state index in [9.17, 15) is 0 Å². The van der Waals surface area contributed by atoms with Crippen molar-refractivity contribution in [2.45, 2.75) is 19.0 Å². The first-order chi connectivity index (χ1) is 8.29. The average Bonchev–Trinajstić information content (AvgIpc) is 2.36. The van der Waals surface area contributed by atoms with Crippen LogP contribution in [-0.2, 0) is 17.7 Å². The number of nitrogens with zero attached hydrogens (tertiary/aromatic N) is 1. The maximum atomic E-state index is 5.10. The standard InChI is InChI=1S/C14H22N2O/c1-16(7-8-17-2)11-14-9-12-5-3-4-6-13(12)10-15-14/h3-6,14-15H,7-11H2,1-2H3/t14-/m1/s1. The van der Waals surface area contributed by atoms with Crippen LogP contribution in [0.3, 0.4) is 0 Å². The number of nitrogens with one attached hydrogen (secondary N) is 1. The first-order valence-corrected chi connectivity index (χ1v) is 6.27. The zero-order valence-corrected chi connectivity index (χ0v) is 10.8. The summed E-state index contributed by atoms with van der Waals surface area (Å²) in [7, 11) is 3.91. The van der Waals surface area contributed by atoms with Crippen LogP contribution in [0.15, 0.2) is 24.3 Å². The molecule has 2 rings (SSSR count). The monoisotopic (exact) mass is 234 g/mol. The lowest BCUT2D eigenvalue weighted by molar-refractivity contribution is 0.154. The average molecular weight is 234 g/mol. The van der Waals surface area contributed by atoms with E-state index >= 15 is 0 Å². The number of hydrogen-bond donors (Lipinski definition) is 1. The van der Waals surface area contributed by atoms with Crippen LogP contribution in [0.2, 0.25) is 0 Å². The third-order valence-electron chi connectivity index (χ3n) is 3.38. The molecule has 1 aliphatic heterocycles. The van der Waals surface area contributed by atoms with Gasteiger partial charge >= 0.3 is 0 Å². The Bertz CT molecular complexity index is 354. The van der Waals surface area contributed by atoms with Crippen LogP contribution in [0.5, 0.6) is 0 Å². The second kappa shape index (κ2) is 6.15. The van der Waals surface area contributed by atoms with Crippen molar-refractivity contribution in [2.24, 2.45) is 0 Å². The lowest BCUT2D eigenvalue weighted by Crippen LogP contribution is -2.44. The van der Waals surface area contributed by atoms with Gasteiger partial charge in [-0.3, -0.25) is 0 Å². The minimum atomic E-state index is 0.562. The molecule has 1 aromatic rings. The SMILES string of the molecule is COCCN(C)C[C@H]1Cc2ccccc2CN1. The molecule has 0 unspecified atom stereocenters. The molecule has 0 fully saturated rings. The van der Waals surface area contributed by atoms with E-state index in [1.807, 2.05) is 0 Å². The third-order valence-corrected chi connectivity index (χ3v) is 3.38. The van der Waals surface area contributed by atoms with Crippen LogP contribution < -0.4 is 5.32 Å². The maximum Gasteiger partial charge on any atom is 0.0589 e. The van der Waals surface area contributed by atoms with Gasteiger partial charge in [0.2, 0.25) is 0 Å². The minimum absolute atomic E-state index is 0.562. The molecule has 3 nitrogen and oxygen atoms in total. The van der Waals surface area contributed by atoms with Crippen LogP contribution in [0, 0.1) is 0 Å². The van der Waals surface area contributed by atoms with Crippen LogP contribution in [-0.4, -0.2) is 44.8 Å². The normalized spacial score (nSPS) is 19.4. The molecule has 17 heavy (non-hydrogen) atoms. The molecule has 0 saturated heterocycles. The van der Waals surface area contributed by atoms with E-state index in [1.165, 1.54) is 11.1 Å². The van der Waals surface area contributed by atoms with Crippen molar-refractivity contribution in [1.29, 1.82) is 0 Å². The first kappa shape index (κ1) is 12.6. The first-order valence-electron chi connectivity index (χ1n) is 6.27. The van der Waals surface area contributed by atoms with Gasteiger partial charge in [0.15, 0.2) is 0 Å². The fraction of sp³-hybridized carbons (Fsp3) is 0.571. The Morgan fingerprint density at radius 1 is 1.35 bits per heavy atom. The highest BCUT2D eigenvalue weighted by atomic mass is 16.5. The van der Waals surface area contributed by atoms with Crippen molar-refractivity contribution in [3.05, 3.63) is 35.4 Å². The number of fused-ring (bicyclic) bond motifs is 1. The minimum Gasteiger partial charge on any atom is -0.383 e. The summed E-state index contributed by atoms with van der Waals surface area (Å²) in [5, 5.41) is 3.60. The Labute approximate surface area is 104 Å². The summed E-state index contributed by atoms with van der Waals surface area (Å²) in [6.07, 6.45) is 1.13. The maximum absolute atomic E-state index is 5.10. The Morgan fingerprint density at radius 2 is 2.12 bits per heavy atom. The van der Waals surface area contributed by atoms with Crippen molar-refractivity contribution in [3.8, 4) is 0 Å². The second-order valence-electron chi connectivity index (χ2n) is 4.81. The van der Waals surface area contributed by atoms with Gasteiger partial charge in [0, 0.05) is 32.8 Å². The van der Waals surface area contributed by atoms with E-state index in [2.05, 4.69) is 41.5 Å². The number of likely N-dealkylation sites (N-methyl/N-ethyl adjacent to an activating group) is 1. The largest absolute Gasteiger partial charge is 0.383 e. The zero-order valence-electron chi connectivity index (χ0n) is 10.8. The van der Waals surface area contributed by atoms with E-state index in [4.69, 9.17) is 4.74 Å². The molecule has 0 saturated carbocycles. The Morgan fingerprint density at radius 3 is 2.88 bits per heavy atom. The van der Waals surface area contributed by atoms with Crippen molar-refractivity contribution in [3.63, 3.8) is 0 Å².